The molecule has 2 aliphatic rings. The van der Waals surface area contributed by atoms with Crippen LogP contribution in [0.5, 0.6) is 11.6 Å². The molecule has 5 rings (SSSR count). The summed E-state index contributed by atoms with van der Waals surface area (Å²) in [7, 11) is 1.25. The number of carbonyl (C=O) groups excluding carboxylic acids is 2. The normalized spacial score (nSPS) is 19.2. The molecule has 0 saturated carbocycles. The number of nitrogens with two attached hydrogens (primary N) is 1. The predicted octanol–water partition coefficient (Wildman–Crippen LogP) is 2.53. The molecule has 5 N–H and O–H groups in total. The fourth-order valence-corrected chi connectivity index (χ4v) is 4.52. The Kier molecular flexibility index (Phi) is 6.42. The Bertz CT molecular complexity index is 1530. The maximum Gasteiger partial charge on any atom is 0.424 e. The summed E-state index contributed by atoms with van der Waals surface area (Å²) in [6, 6.07) is 7.04. The number of anilines is 1. The lowest BCUT2D eigenvalue weighted by molar-refractivity contribution is -0.265. The Balaban J connectivity index is 1.54. The lowest BCUT2D eigenvalue weighted by Crippen LogP contribution is -2.52. The standard InChI is InChI=1S/C26H23F4N5O5/c1-24(31)11-40-21-15(24)9-17(34-19(21)12-3-5-14(27)6-4-12)25(38,26(28,29)30)10-32-22(37)16-7-13-8-18(36)35-20(13)23(33-16)39-2/h3-7,9,38H,8,10-11,31H2,1-2H3,(H,32,37)(H,35,36)/t24-,25-/m1/s1. The summed E-state index contributed by atoms with van der Waals surface area (Å²) in [6.07, 6.45) is -5.39. The van der Waals surface area contributed by atoms with Gasteiger partial charge in [-0.2, -0.15) is 13.2 Å². The van der Waals surface area contributed by atoms with Crippen molar-refractivity contribution in [1.82, 2.24) is 15.3 Å². The zero-order valence-corrected chi connectivity index (χ0v) is 21.1. The van der Waals surface area contributed by atoms with E-state index in [1.807, 2.05) is 0 Å². The highest BCUT2D eigenvalue weighted by molar-refractivity contribution is 6.02. The van der Waals surface area contributed by atoms with Crippen LogP contribution >= 0.6 is 0 Å². The van der Waals surface area contributed by atoms with Crippen LogP contribution in [0.25, 0.3) is 11.3 Å². The molecule has 210 valence electrons. The predicted molar refractivity (Wildman–Crippen MR) is 132 cm³/mol. The number of alkyl halides is 3. The zero-order valence-electron chi connectivity index (χ0n) is 21.1. The van der Waals surface area contributed by atoms with Crippen molar-refractivity contribution in [3.8, 4) is 22.9 Å². The number of nitrogens with zero attached hydrogens (tertiary/aromatic N) is 2. The number of benzene rings is 1. The van der Waals surface area contributed by atoms with Gasteiger partial charge in [-0.3, -0.25) is 9.59 Å². The average Bonchev–Trinajstić information content (AvgIpc) is 3.43. The molecule has 40 heavy (non-hydrogen) atoms. The third-order valence-corrected chi connectivity index (χ3v) is 6.73. The smallest absolute Gasteiger partial charge is 0.424 e. The minimum absolute atomic E-state index is 0.0773. The molecule has 3 aromatic rings. The monoisotopic (exact) mass is 561 g/mol. The van der Waals surface area contributed by atoms with E-state index in [0.29, 0.717) is 5.56 Å². The largest absolute Gasteiger partial charge is 0.489 e. The molecule has 0 bridgehead atoms. The van der Waals surface area contributed by atoms with E-state index in [1.54, 1.807) is 0 Å². The lowest BCUT2D eigenvalue weighted by Gasteiger charge is -2.31. The van der Waals surface area contributed by atoms with Gasteiger partial charge in [0.2, 0.25) is 17.4 Å². The lowest BCUT2D eigenvalue weighted by atomic mass is 9.89. The molecule has 2 aliphatic heterocycles. The van der Waals surface area contributed by atoms with Crippen LogP contribution in [0.4, 0.5) is 23.2 Å². The first kappa shape index (κ1) is 27.3. The summed E-state index contributed by atoms with van der Waals surface area (Å²) in [5, 5.41) is 15.7. The number of hydrogen-bond acceptors (Lipinski definition) is 8. The van der Waals surface area contributed by atoms with Gasteiger partial charge in [-0.15, -0.1) is 0 Å². The van der Waals surface area contributed by atoms with Crippen molar-refractivity contribution in [2.75, 3.05) is 25.6 Å². The van der Waals surface area contributed by atoms with Gasteiger partial charge >= 0.3 is 6.18 Å². The minimum Gasteiger partial charge on any atom is -0.489 e. The molecular formula is C26H23F4N5O5. The first-order chi connectivity index (χ1) is 18.7. The summed E-state index contributed by atoms with van der Waals surface area (Å²) < 4.78 is 67.7. The van der Waals surface area contributed by atoms with Crippen LogP contribution in [-0.4, -0.2) is 53.3 Å². The van der Waals surface area contributed by atoms with E-state index in [9.17, 15) is 32.3 Å². The van der Waals surface area contributed by atoms with E-state index in [0.717, 1.165) is 18.2 Å². The van der Waals surface area contributed by atoms with Gasteiger partial charge in [0.1, 0.15) is 29.5 Å². The number of aromatic nitrogens is 2. The van der Waals surface area contributed by atoms with Crippen molar-refractivity contribution >= 4 is 17.5 Å². The number of carbonyl (C=O) groups is 2. The summed E-state index contributed by atoms with van der Waals surface area (Å²) in [5.74, 6) is -1.99. The van der Waals surface area contributed by atoms with Crippen molar-refractivity contribution in [3.05, 3.63) is 64.7 Å². The SMILES string of the molecule is COc1nc(C(=O)NC[C@@](O)(c2cc3c(c(-c4ccc(F)cc4)n2)OC[C@@]3(C)N)C(F)(F)F)cc2c1NC(=O)C2. The van der Waals surface area contributed by atoms with Crippen LogP contribution in [-0.2, 0) is 22.4 Å². The molecule has 0 saturated heterocycles. The number of rotatable bonds is 6. The highest BCUT2D eigenvalue weighted by atomic mass is 19.4. The topological polar surface area (TPSA) is 149 Å². The van der Waals surface area contributed by atoms with Crippen molar-refractivity contribution in [3.63, 3.8) is 0 Å². The Morgan fingerprint density at radius 2 is 1.95 bits per heavy atom. The maximum absolute atomic E-state index is 14.5. The van der Waals surface area contributed by atoms with E-state index in [1.165, 1.54) is 32.2 Å². The van der Waals surface area contributed by atoms with Gasteiger partial charge in [-0.05, 0) is 48.9 Å². The fraction of sp³-hybridized carbons (Fsp3) is 0.308. The number of aliphatic hydroxyl groups is 1. The van der Waals surface area contributed by atoms with Gasteiger partial charge in [0, 0.05) is 11.1 Å². The molecule has 0 unspecified atom stereocenters. The number of halogens is 4. The van der Waals surface area contributed by atoms with Crippen molar-refractivity contribution in [2.24, 2.45) is 5.73 Å². The molecule has 14 heteroatoms. The molecule has 0 aliphatic carbocycles. The van der Waals surface area contributed by atoms with Crippen LogP contribution in [0.15, 0.2) is 36.4 Å². The molecule has 2 amide bonds. The summed E-state index contributed by atoms with van der Waals surface area (Å²) in [6.45, 7) is 0.119. The first-order valence-corrected chi connectivity index (χ1v) is 11.9. The van der Waals surface area contributed by atoms with Gasteiger partial charge in [0.25, 0.3) is 5.91 Å². The Morgan fingerprint density at radius 3 is 2.60 bits per heavy atom. The molecular weight excluding hydrogens is 538 g/mol. The number of methoxy groups -OCH3 is 1. The summed E-state index contributed by atoms with van der Waals surface area (Å²) in [4.78, 5) is 32.7. The van der Waals surface area contributed by atoms with Crippen LogP contribution in [0.2, 0.25) is 0 Å². The molecule has 0 spiro atoms. The van der Waals surface area contributed by atoms with Crippen molar-refractivity contribution in [1.29, 1.82) is 0 Å². The Morgan fingerprint density at radius 1 is 1.25 bits per heavy atom. The number of pyridine rings is 2. The third kappa shape index (κ3) is 4.58. The van der Waals surface area contributed by atoms with Gasteiger partial charge in [-0.1, -0.05) is 0 Å². The quantitative estimate of drug-likeness (QED) is 0.336. The Hall–Kier alpha value is -4.30. The van der Waals surface area contributed by atoms with Crippen LogP contribution in [0.1, 0.15) is 34.2 Å². The van der Waals surface area contributed by atoms with E-state index in [4.69, 9.17) is 15.2 Å². The molecule has 0 fully saturated rings. The molecule has 0 radical (unpaired) electrons. The number of ether oxygens (including phenoxy) is 2. The zero-order chi connectivity index (χ0) is 29.0. The van der Waals surface area contributed by atoms with E-state index in [-0.39, 0.29) is 58.8 Å². The second kappa shape index (κ2) is 9.41. The first-order valence-electron chi connectivity index (χ1n) is 11.9. The minimum atomic E-state index is -5.31. The maximum atomic E-state index is 14.5. The second-order valence-electron chi connectivity index (χ2n) is 9.76. The van der Waals surface area contributed by atoms with Gasteiger partial charge < -0.3 is 30.9 Å². The van der Waals surface area contributed by atoms with Gasteiger partial charge in [-0.25, -0.2) is 14.4 Å². The number of nitrogens with one attached hydrogen (secondary N) is 2. The average molecular weight is 561 g/mol. The molecule has 2 aromatic heterocycles. The number of amides is 2. The van der Waals surface area contributed by atoms with Gasteiger partial charge in [0.05, 0.1) is 31.3 Å². The van der Waals surface area contributed by atoms with E-state index < -0.39 is 41.3 Å². The van der Waals surface area contributed by atoms with E-state index in [2.05, 4.69) is 20.6 Å². The summed E-state index contributed by atoms with van der Waals surface area (Å²) >= 11 is 0. The van der Waals surface area contributed by atoms with Crippen molar-refractivity contribution < 1.29 is 41.7 Å². The van der Waals surface area contributed by atoms with Crippen LogP contribution in [0, 0.1) is 5.82 Å². The number of fused-ring (bicyclic) bond motifs is 2. The fourth-order valence-electron chi connectivity index (χ4n) is 4.52. The molecule has 4 heterocycles. The molecule has 1 aromatic carbocycles. The summed E-state index contributed by atoms with van der Waals surface area (Å²) in [5.41, 5.74) is 1.11. The highest BCUT2D eigenvalue weighted by Crippen LogP contribution is 2.46. The Labute approximate surface area is 224 Å². The van der Waals surface area contributed by atoms with Gasteiger partial charge in [0.15, 0.2) is 5.75 Å². The molecule has 2 atom stereocenters. The number of hydrogen-bond donors (Lipinski definition) is 4. The molecule has 10 nitrogen and oxygen atoms in total. The second-order valence-corrected chi connectivity index (χ2v) is 9.76. The van der Waals surface area contributed by atoms with Crippen LogP contribution in [0.3, 0.4) is 0 Å². The third-order valence-electron chi connectivity index (χ3n) is 6.73. The van der Waals surface area contributed by atoms with Crippen molar-refractivity contribution in [2.45, 2.75) is 30.7 Å². The van der Waals surface area contributed by atoms with E-state index >= 15 is 0 Å². The highest BCUT2D eigenvalue weighted by Gasteiger charge is 2.57. The van der Waals surface area contributed by atoms with Crippen LogP contribution < -0.4 is 25.8 Å².